The molecule has 23 heavy (non-hydrogen) atoms. The van der Waals surface area contributed by atoms with Crippen molar-refractivity contribution in [1.82, 2.24) is 9.88 Å². The molecule has 4 nitrogen and oxygen atoms in total. The number of hydrogen-bond donors (Lipinski definition) is 0. The summed E-state index contributed by atoms with van der Waals surface area (Å²) in [5.74, 6) is 1.51. The number of aryl methyl sites for hydroxylation is 1. The number of pyridine rings is 1. The van der Waals surface area contributed by atoms with E-state index in [1.54, 1.807) is 18.5 Å². The molecule has 1 aromatic carbocycles. The van der Waals surface area contributed by atoms with Crippen molar-refractivity contribution < 1.29 is 9.53 Å². The van der Waals surface area contributed by atoms with E-state index in [0.717, 1.165) is 31.7 Å². The Bertz CT molecular complexity index is 640. The zero-order valence-corrected chi connectivity index (χ0v) is 13.4. The van der Waals surface area contributed by atoms with Crippen LogP contribution in [-0.2, 0) is 0 Å². The first-order valence-electron chi connectivity index (χ1n) is 8.11. The molecule has 1 amide bonds. The second-order valence-corrected chi connectivity index (χ2v) is 6.10. The topological polar surface area (TPSA) is 42.4 Å². The number of aromatic nitrogens is 1. The molecule has 120 valence electrons. The first-order valence-corrected chi connectivity index (χ1v) is 8.11. The number of carbonyl (C=O) groups excluding carboxylic acids is 1. The first-order chi connectivity index (χ1) is 11.2. The molecule has 0 N–H and O–H groups in total. The smallest absolute Gasteiger partial charge is 0.255 e. The van der Waals surface area contributed by atoms with Crippen molar-refractivity contribution in [2.45, 2.75) is 19.8 Å². The molecule has 1 unspecified atom stereocenters. The van der Waals surface area contributed by atoms with Crippen molar-refractivity contribution in [2.24, 2.45) is 5.92 Å². The predicted octanol–water partition coefficient (Wildman–Crippen LogP) is 3.32. The molecule has 1 saturated heterocycles. The normalized spacial score (nSPS) is 17.3. The van der Waals surface area contributed by atoms with Gasteiger partial charge in [0.25, 0.3) is 5.91 Å². The molecule has 0 spiro atoms. The summed E-state index contributed by atoms with van der Waals surface area (Å²) in [6.45, 7) is 4.40. The fourth-order valence-corrected chi connectivity index (χ4v) is 2.90. The highest BCUT2D eigenvalue weighted by atomic mass is 16.5. The van der Waals surface area contributed by atoms with E-state index in [0.29, 0.717) is 18.1 Å². The number of rotatable bonds is 5. The van der Waals surface area contributed by atoms with E-state index in [1.165, 1.54) is 5.56 Å². The van der Waals surface area contributed by atoms with E-state index in [-0.39, 0.29) is 5.91 Å². The number of ether oxygens (including phenoxy) is 1. The third-order valence-electron chi connectivity index (χ3n) is 4.30. The molecular weight excluding hydrogens is 288 g/mol. The van der Waals surface area contributed by atoms with Gasteiger partial charge in [0.05, 0.1) is 12.2 Å². The Labute approximate surface area is 137 Å². The molecule has 1 aromatic heterocycles. The first kappa shape index (κ1) is 15.5. The fraction of sp³-hybridized carbons (Fsp3) is 0.368. The zero-order valence-electron chi connectivity index (χ0n) is 13.4. The fourth-order valence-electron chi connectivity index (χ4n) is 2.90. The van der Waals surface area contributed by atoms with Crippen LogP contribution >= 0.6 is 0 Å². The largest absolute Gasteiger partial charge is 0.494 e. The summed E-state index contributed by atoms with van der Waals surface area (Å²) >= 11 is 0. The average molecular weight is 310 g/mol. The number of benzene rings is 1. The van der Waals surface area contributed by atoms with Gasteiger partial charge in [-0.05, 0) is 49.9 Å². The van der Waals surface area contributed by atoms with Gasteiger partial charge in [-0.15, -0.1) is 0 Å². The minimum atomic E-state index is 0.0834. The van der Waals surface area contributed by atoms with E-state index in [1.807, 2.05) is 23.1 Å². The molecule has 2 heterocycles. The van der Waals surface area contributed by atoms with Crippen LogP contribution in [0.25, 0.3) is 0 Å². The molecule has 3 rings (SSSR count). The maximum absolute atomic E-state index is 12.4. The Morgan fingerprint density at radius 3 is 2.87 bits per heavy atom. The van der Waals surface area contributed by atoms with Gasteiger partial charge in [0.15, 0.2) is 0 Å². The van der Waals surface area contributed by atoms with E-state index >= 15 is 0 Å². The molecule has 2 aromatic rings. The van der Waals surface area contributed by atoms with Crippen LogP contribution in [0.2, 0.25) is 0 Å². The maximum Gasteiger partial charge on any atom is 0.255 e. The standard InChI is InChI=1S/C19H22N2O2/c1-15-4-6-18(7-5-15)23-12-9-16-8-11-21(14-16)19(22)17-3-2-10-20-13-17/h2-7,10,13,16H,8-9,11-12,14H2,1H3. The lowest BCUT2D eigenvalue weighted by molar-refractivity contribution is 0.0785. The molecule has 1 fully saturated rings. The summed E-state index contributed by atoms with van der Waals surface area (Å²) in [5, 5.41) is 0. The predicted molar refractivity (Wildman–Crippen MR) is 89.5 cm³/mol. The SMILES string of the molecule is Cc1ccc(OCCC2CCN(C(=O)c3cccnc3)C2)cc1. The van der Waals surface area contributed by atoms with Crippen molar-refractivity contribution in [3.8, 4) is 5.75 Å². The average Bonchev–Trinajstić information content (AvgIpc) is 3.06. The van der Waals surface area contributed by atoms with Gasteiger partial charge >= 0.3 is 0 Å². The second-order valence-electron chi connectivity index (χ2n) is 6.10. The molecule has 0 radical (unpaired) electrons. The van der Waals surface area contributed by atoms with Crippen molar-refractivity contribution in [1.29, 1.82) is 0 Å². The van der Waals surface area contributed by atoms with Crippen molar-refractivity contribution in [3.63, 3.8) is 0 Å². The van der Waals surface area contributed by atoms with Crippen LogP contribution in [0, 0.1) is 12.8 Å². The third-order valence-corrected chi connectivity index (χ3v) is 4.30. The van der Waals surface area contributed by atoms with Crippen LogP contribution < -0.4 is 4.74 Å². The lowest BCUT2D eigenvalue weighted by atomic mass is 10.1. The third kappa shape index (κ3) is 4.09. The number of amides is 1. The number of likely N-dealkylation sites (tertiary alicyclic amines) is 1. The van der Waals surface area contributed by atoms with Gasteiger partial charge in [0.2, 0.25) is 0 Å². The van der Waals surface area contributed by atoms with E-state index in [4.69, 9.17) is 4.74 Å². The second kappa shape index (κ2) is 7.27. The maximum atomic E-state index is 12.4. The highest BCUT2D eigenvalue weighted by Gasteiger charge is 2.26. The van der Waals surface area contributed by atoms with Crippen LogP contribution in [0.15, 0.2) is 48.8 Å². The molecule has 1 aliphatic rings. The number of carbonyl (C=O) groups is 1. The number of nitrogens with zero attached hydrogens (tertiary/aromatic N) is 2. The van der Waals surface area contributed by atoms with Gasteiger partial charge in [-0.25, -0.2) is 0 Å². The van der Waals surface area contributed by atoms with Crippen LogP contribution in [0.1, 0.15) is 28.8 Å². The van der Waals surface area contributed by atoms with Crippen molar-refractivity contribution in [3.05, 3.63) is 59.9 Å². The molecule has 4 heteroatoms. The summed E-state index contributed by atoms with van der Waals surface area (Å²) < 4.78 is 5.79. The summed E-state index contributed by atoms with van der Waals surface area (Å²) in [7, 11) is 0. The van der Waals surface area contributed by atoms with Gasteiger partial charge in [-0.3, -0.25) is 9.78 Å². The molecule has 1 atom stereocenters. The van der Waals surface area contributed by atoms with Crippen LogP contribution in [-0.4, -0.2) is 35.5 Å². The van der Waals surface area contributed by atoms with Crippen LogP contribution in [0.4, 0.5) is 0 Å². The molecular formula is C19H22N2O2. The van der Waals surface area contributed by atoms with Crippen molar-refractivity contribution in [2.75, 3.05) is 19.7 Å². The van der Waals surface area contributed by atoms with Crippen LogP contribution in [0.5, 0.6) is 5.75 Å². The summed E-state index contributed by atoms with van der Waals surface area (Å²) in [5.41, 5.74) is 1.90. The van der Waals surface area contributed by atoms with E-state index in [9.17, 15) is 4.79 Å². The molecule has 0 saturated carbocycles. The highest BCUT2D eigenvalue weighted by Crippen LogP contribution is 2.22. The van der Waals surface area contributed by atoms with Gasteiger partial charge < -0.3 is 9.64 Å². The Balaban J connectivity index is 1.45. The lowest BCUT2D eigenvalue weighted by Gasteiger charge is -2.16. The Hall–Kier alpha value is -2.36. The number of hydrogen-bond acceptors (Lipinski definition) is 3. The summed E-state index contributed by atoms with van der Waals surface area (Å²) in [4.78, 5) is 18.3. The van der Waals surface area contributed by atoms with Gasteiger partial charge in [0.1, 0.15) is 5.75 Å². The van der Waals surface area contributed by atoms with Gasteiger partial charge in [-0.1, -0.05) is 17.7 Å². The highest BCUT2D eigenvalue weighted by molar-refractivity contribution is 5.94. The molecule has 0 bridgehead atoms. The summed E-state index contributed by atoms with van der Waals surface area (Å²) in [6, 6.07) is 11.7. The zero-order chi connectivity index (χ0) is 16.1. The Kier molecular flexibility index (Phi) is 4.91. The monoisotopic (exact) mass is 310 g/mol. The quantitative estimate of drug-likeness (QED) is 0.851. The van der Waals surface area contributed by atoms with Crippen molar-refractivity contribution >= 4 is 5.91 Å². The molecule has 1 aliphatic heterocycles. The lowest BCUT2D eigenvalue weighted by Crippen LogP contribution is -2.28. The summed E-state index contributed by atoms with van der Waals surface area (Å²) in [6.07, 6.45) is 5.34. The Morgan fingerprint density at radius 2 is 2.13 bits per heavy atom. The Morgan fingerprint density at radius 1 is 1.30 bits per heavy atom. The van der Waals surface area contributed by atoms with E-state index in [2.05, 4.69) is 24.0 Å². The van der Waals surface area contributed by atoms with Gasteiger partial charge in [-0.2, -0.15) is 0 Å². The molecule has 0 aliphatic carbocycles. The minimum Gasteiger partial charge on any atom is -0.494 e. The van der Waals surface area contributed by atoms with Crippen LogP contribution in [0.3, 0.4) is 0 Å². The minimum absolute atomic E-state index is 0.0834. The van der Waals surface area contributed by atoms with Gasteiger partial charge in [0, 0.05) is 25.5 Å². The van der Waals surface area contributed by atoms with E-state index < -0.39 is 0 Å².